The number of nitrogens with zero attached hydrogens (tertiary/aromatic N) is 5. The maximum absolute atomic E-state index is 12.6. The highest BCUT2D eigenvalue weighted by atomic mass is 79.9. The van der Waals surface area contributed by atoms with Gasteiger partial charge in [-0.2, -0.15) is 0 Å². The van der Waals surface area contributed by atoms with Crippen molar-refractivity contribution < 1.29 is 4.79 Å². The van der Waals surface area contributed by atoms with E-state index in [0.717, 1.165) is 34.2 Å². The average Bonchev–Trinajstić information content (AvgIpc) is 3.47. The van der Waals surface area contributed by atoms with E-state index in [2.05, 4.69) is 35.6 Å². The van der Waals surface area contributed by atoms with Gasteiger partial charge in [-0.05, 0) is 49.8 Å². The molecule has 2 heterocycles. The smallest absolute Gasteiger partial charge is 0.233 e. The van der Waals surface area contributed by atoms with Gasteiger partial charge >= 0.3 is 0 Å². The van der Waals surface area contributed by atoms with Gasteiger partial charge in [0.25, 0.3) is 0 Å². The largest absolute Gasteiger partial charge is 0.341 e. The molecule has 1 aliphatic carbocycles. The number of amides is 1. The molecule has 1 saturated carbocycles. The minimum atomic E-state index is 0.109. The monoisotopic (exact) mass is 463 g/mol. The molecule has 1 aromatic carbocycles. The van der Waals surface area contributed by atoms with Crippen LogP contribution in [0.3, 0.4) is 0 Å². The number of halogens is 1. The lowest BCUT2D eigenvalue weighted by Crippen LogP contribution is -2.32. The molecule has 1 aromatic heterocycles. The minimum Gasteiger partial charge on any atom is -0.341 e. The number of hydrogen-bond donors (Lipinski definition) is 0. The van der Waals surface area contributed by atoms with Crippen molar-refractivity contribution >= 4 is 39.5 Å². The van der Waals surface area contributed by atoms with Gasteiger partial charge in [-0.1, -0.05) is 39.8 Å². The summed E-state index contributed by atoms with van der Waals surface area (Å²) in [5, 5.41) is 9.81. The van der Waals surface area contributed by atoms with Crippen molar-refractivity contribution in [2.45, 2.75) is 49.8 Å². The van der Waals surface area contributed by atoms with Crippen molar-refractivity contribution in [1.82, 2.24) is 19.7 Å². The third-order valence-electron chi connectivity index (χ3n) is 5.28. The highest BCUT2D eigenvalue weighted by Gasteiger charge is 2.32. The predicted octanol–water partition coefficient (Wildman–Crippen LogP) is 4.12. The summed E-state index contributed by atoms with van der Waals surface area (Å²) in [6, 6.07) is 8.58. The number of carbonyl (C=O) groups excluding carboxylic acids is 1. The van der Waals surface area contributed by atoms with E-state index < -0.39 is 0 Å². The molecule has 2 aliphatic rings. The molecule has 6 nitrogen and oxygen atoms in total. The fourth-order valence-corrected chi connectivity index (χ4v) is 4.72. The molecule has 1 aliphatic heterocycles. The van der Waals surface area contributed by atoms with E-state index in [4.69, 9.17) is 0 Å². The Kier molecular flexibility index (Phi) is 6.25. The number of anilines is 1. The zero-order valence-corrected chi connectivity index (χ0v) is 18.6. The first-order valence-corrected chi connectivity index (χ1v) is 11.7. The Morgan fingerprint density at radius 3 is 2.57 bits per heavy atom. The second kappa shape index (κ2) is 8.86. The third kappa shape index (κ3) is 4.71. The van der Waals surface area contributed by atoms with Crippen LogP contribution < -0.4 is 4.90 Å². The number of rotatable bonds is 7. The molecule has 2 fully saturated rings. The Bertz CT molecular complexity index is 815. The molecule has 0 bridgehead atoms. The van der Waals surface area contributed by atoms with Crippen LogP contribution in [-0.4, -0.2) is 51.5 Å². The Hall–Kier alpha value is -1.54. The van der Waals surface area contributed by atoms with Gasteiger partial charge in [0.05, 0.1) is 5.75 Å². The van der Waals surface area contributed by atoms with Crippen molar-refractivity contribution in [3.05, 3.63) is 34.3 Å². The van der Waals surface area contributed by atoms with E-state index in [9.17, 15) is 4.79 Å². The molecular weight excluding hydrogens is 438 g/mol. The standard InChI is InChI=1S/C20H26BrN5OS/c1-24(13-15-5-7-16(21)8-6-15)18(27)14-28-20-23-22-19(26(20)17-9-10-17)25-11-3-2-4-12-25/h5-8,17H,2-4,9-14H2,1H3. The second-order valence-electron chi connectivity index (χ2n) is 7.60. The topological polar surface area (TPSA) is 54.3 Å². The van der Waals surface area contributed by atoms with Crippen molar-refractivity contribution in [3.63, 3.8) is 0 Å². The highest BCUT2D eigenvalue weighted by Crippen LogP contribution is 2.41. The van der Waals surface area contributed by atoms with E-state index in [1.807, 2.05) is 31.3 Å². The van der Waals surface area contributed by atoms with Gasteiger partial charge in [-0.3, -0.25) is 9.36 Å². The minimum absolute atomic E-state index is 0.109. The van der Waals surface area contributed by atoms with Crippen LogP contribution in [0.4, 0.5) is 5.95 Å². The SMILES string of the molecule is CN(Cc1ccc(Br)cc1)C(=O)CSc1nnc(N2CCCCC2)n1C1CC1. The fourth-order valence-electron chi connectivity index (χ4n) is 3.52. The summed E-state index contributed by atoms with van der Waals surface area (Å²) >= 11 is 4.96. The highest BCUT2D eigenvalue weighted by molar-refractivity contribution is 9.10. The fraction of sp³-hybridized carbons (Fsp3) is 0.550. The first-order chi connectivity index (χ1) is 13.6. The molecule has 28 heavy (non-hydrogen) atoms. The maximum Gasteiger partial charge on any atom is 0.233 e. The van der Waals surface area contributed by atoms with Gasteiger partial charge < -0.3 is 9.80 Å². The molecule has 150 valence electrons. The number of hydrogen-bond acceptors (Lipinski definition) is 5. The number of benzene rings is 1. The molecule has 4 rings (SSSR count). The molecule has 1 saturated heterocycles. The number of carbonyl (C=O) groups is 1. The molecule has 2 aromatic rings. The Morgan fingerprint density at radius 2 is 1.89 bits per heavy atom. The lowest BCUT2D eigenvalue weighted by atomic mass is 10.1. The number of thioether (sulfide) groups is 1. The first kappa shape index (κ1) is 19.8. The van der Waals surface area contributed by atoms with Crippen molar-refractivity contribution in [2.75, 3.05) is 30.8 Å². The summed E-state index contributed by atoms with van der Waals surface area (Å²) in [6.07, 6.45) is 6.11. The molecule has 1 amide bonds. The van der Waals surface area contributed by atoms with E-state index in [1.165, 1.54) is 43.9 Å². The van der Waals surface area contributed by atoms with Crippen LogP contribution in [0.2, 0.25) is 0 Å². The predicted molar refractivity (Wildman–Crippen MR) is 116 cm³/mol. The Labute approximate surface area is 178 Å². The molecule has 0 unspecified atom stereocenters. The number of aromatic nitrogens is 3. The molecule has 0 spiro atoms. The van der Waals surface area contributed by atoms with E-state index in [0.29, 0.717) is 18.3 Å². The van der Waals surface area contributed by atoms with Crippen molar-refractivity contribution in [3.8, 4) is 0 Å². The van der Waals surface area contributed by atoms with Crippen LogP contribution >= 0.6 is 27.7 Å². The van der Waals surface area contributed by atoms with Crippen LogP contribution in [0.15, 0.2) is 33.9 Å². The summed E-state index contributed by atoms with van der Waals surface area (Å²) in [5.41, 5.74) is 1.12. The first-order valence-electron chi connectivity index (χ1n) is 9.93. The summed E-state index contributed by atoms with van der Waals surface area (Å²) in [6.45, 7) is 2.73. The van der Waals surface area contributed by atoms with Crippen LogP contribution in [-0.2, 0) is 11.3 Å². The molecular formula is C20H26BrN5OS. The van der Waals surface area contributed by atoms with Gasteiger partial charge in [0.1, 0.15) is 0 Å². The van der Waals surface area contributed by atoms with Crippen molar-refractivity contribution in [1.29, 1.82) is 0 Å². The maximum atomic E-state index is 12.6. The van der Waals surface area contributed by atoms with E-state index in [1.54, 1.807) is 4.90 Å². The van der Waals surface area contributed by atoms with Gasteiger partial charge in [-0.25, -0.2) is 0 Å². The Morgan fingerprint density at radius 1 is 1.18 bits per heavy atom. The zero-order chi connectivity index (χ0) is 19.5. The van der Waals surface area contributed by atoms with E-state index >= 15 is 0 Å². The van der Waals surface area contributed by atoms with Gasteiger partial charge in [0.2, 0.25) is 11.9 Å². The summed E-state index contributed by atoms with van der Waals surface area (Å²) in [4.78, 5) is 16.8. The van der Waals surface area contributed by atoms with Crippen LogP contribution in [0, 0.1) is 0 Å². The molecule has 0 N–H and O–H groups in total. The van der Waals surface area contributed by atoms with Gasteiger partial charge in [-0.15, -0.1) is 10.2 Å². The average molecular weight is 464 g/mol. The van der Waals surface area contributed by atoms with Crippen LogP contribution in [0.1, 0.15) is 43.7 Å². The normalized spacial score (nSPS) is 17.0. The lowest BCUT2D eigenvalue weighted by Gasteiger charge is -2.27. The van der Waals surface area contributed by atoms with Gasteiger partial charge in [0.15, 0.2) is 5.16 Å². The second-order valence-corrected chi connectivity index (χ2v) is 9.45. The van der Waals surface area contributed by atoms with Crippen LogP contribution in [0.5, 0.6) is 0 Å². The van der Waals surface area contributed by atoms with Gasteiger partial charge in [0, 0.05) is 37.2 Å². The lowest BCUT2D eigenvalue weighted by molar-refractivity contribution is -0.127. The molecule has 0 atom stereocenters. The summed E-state index contributed by atoms with van der Waals surface area (Å²) < 4.78 is 3.32. The molecule has 8 heteroatoms. The quantitative estimate of drug-likeness (QED) is 0.578. The Balaban J connectivity index is 1.38. The van der Waals surface area contributed by atoms with E-state index in [-0.39, 0.29) is 5.91 Å². The summed E-state index contributed by atoms with van der Waals surface area (Å²) in [5.74, 6) is 1.50. The van der Waals surface area contributed by atoms with Crippen molar-refractivity contribution in [2.24, 2.45) is 0 Å². The summed E-state index contributed by atoms with van der Waals surface area (Å²) in [7, 11) is 1.86. The third-order valence-corrected chi connectivity index (χ3v) is 6.74. The molecule has 0 radical (unpaired) electrons. The van der Waals surface area contributed by atoms with Crippen LogP contribution in [0.25, 0.3) is 0 Å². The number of piperidine rings is 1. The zero-order valence-electron chi connectivity index (χ0n) is 16.2.